The van der Waals surface area contributed by atoms with Gasteiger partial charge in [0.25, 0.3) is 5.91 Å². The molecule has 11 heteroatoms. The lowest BCUT2D eigenvalue weighted by Crippen LogP contribution is -2.25. The molecule has 1 atom stereocenters. The van der Waals surface area contributed by atoms with E-state index in [2.05, 4.69) is 34.3 Å². The summed E-state index contributed by atoms with van der Waals surface area (Å²) in [5.41, 5.74) is 8.23. The highest BCUT2D eigenvalue weighted by Gasteiger charge is 2.29. The van der Waals surface area contributed by atoms with Gasteiger partial charge in [-0.05, 0) is 92.4 Å². The van der Waals surface area contributed by atoms with Crippen LogP contribution in [-0.4, -0.2) is 58.4 Å². The molecule has 0 unspecified atom stereocenters. The minimum Gasteiger partial charge on any atom is -0.481 e. The van der Waals surface area contributed by atoms with Gasteiger partial charge >= 0.3 is 5.97 Å². The number of benzene rings is 3. The molecule has 2 N–H and O–H groups in total. The van der Waals surface area contributed by atoms with Gasteiger partial charge in [-0.2, -0.15) is 10.5 Å². The molecule has 5 aromatic rings. The van der Waals surface area contributed by atoms with E-state index in [0.717, 1.165) is 41.8 Å². The Morgan fingerprint density at radius 2 is 1.84 bits per heavy atom. The van der Waals surface area contributed by atoms with Crippen LogP contribution in [0.5, 0.6) is 0 Å². The van der Waals surface area contributed by atoms with E-state index < -0.39 is 5.97 Å². The molecule has 0 aliphatic carbocycles. The molecule has 0 spiro atoms. The molecule has 7 rings (SSSR count). The molecule has 2 aliphatic rings. The number of likely N-dealkylation sites (N-methyl/N-ethyl adjacent to an activating group) is 1. The Bertz CT molecular complexity index is 2240. The van der Waals surface area contributed by atoms with Gasteiger partial charge < -0.3 is 19.7 Å². The quantitative estimate of drug-likeness (QED) is 0.192. The number of thiophene rings is 1. The summed E-state index contributed by atoms with van der Waals surface area (Å²) in [6.07, 6.45) is 1.52. The Kier molecular flexibility index (Phi) is 8.51. The van der Waals surface area contributed by atoms with Gasteiger partial charge in [-0.15, -0.1) is 11.3 Å². The van der Waals surface area contributed by atoms with Crippen molar-refractivity contribution >= 4 is 40.0 Å². The number of amides is 1. The number of hydrogen-bond acceptors (Lipinski definition) is 9. The number of nitriles is 2. The van der Waals surface area contributed by atoms with Crippen LogP contribution >= 0.6 is 11.3 Å². The second-order valence-electron chi connectivity index (χ2n) is 12.9. The van der Waals surface area contributed by atoms with E-state index in [-0.39, 0.29) is 11.8 Å². The molecular weight excluding hydrogens is 637 g/mol. The monoisotopic (exact) mass is 670 g/mol. The first-order chi connectivity index (χ1) is 23.6. The summed E-state index contributed by atoms with van der Waals surface area (Å²) >= 11 is 1.53. The number of nitrogens with zero attached hydrogens (tertiary/aromatic N) is 5. The normalized spacial score (nSPS) is 16.3. The van der Waals surface area contributed by atoms with Gasteiger partial charge in [-0.25, -0.2) is 4.98 Å². The van der Waals surface area contributed by atoms with E-state index in [9.17, 15) is 25.2 Å². The average Bonchev–Trinajstić information content (AvgIpc) is 3.82. The lowest BCUT2D eigenvalue weighted by Gasteiger charge is -2.22. The number of rotatable bonds is 7. The maximum absolute atomic E-state index is 13.6. The zero-order chi connectivity index (χ0) is 34.4. The fourth-order valence-electron chi connectivity index (χ4n) is 7.06. The third-order valence-electron chi connectivity index (χ3n) is 9.70. The lowest BCUT2D eigenvalue weighted by molar-refractivity contribution is -0.141. The van der Waals surface area contributed by atoms with Crippen LogP contribution in [0, 0.1) is 42.4 Å². The van der Waals surface area contributed by atoms with Crippen LogP contribution in [0.25, 0.3) is 33.7 Å². The standard InChI is InChI=1S/C38H34N6O4S/c1-21-26(29-8-5-9-31(30(29)17-40)41-36(45)35-22(2)27-11-12-43(3)20-33(27)49-35)6-4-7-28(21)37-42-32-15-23(14-25(16-39)34(32)48-37)18-44-13-10-24(19-44)38(46)47/h4-9,14-15,24H,10-13,18-20H2,1-3H3,(H,41,45)(H,46,47)/t24-/m1/s1. The number of hydrogen-bond donors (Lipinski definition) is 2. The van der Waals surface area contributed by atoms with Crippen molar-refractivity contribution in [2.45, 2.75) is 39.8 Å². The number of fused-ring (bicyclic) bond motifs is 2. The highest BCUT2D eigenvalue weighted by molar-refractivity contribution is 7.14. The van der Waals surface area contributed by atoms with Crippen LogP contribution in [0.15, 0.2) is 52.9 Å². The van der Waals surface area contributed by atoms with E-state index in [4.69, 9.17) is 9.40 Å². The largest absolute Gasteiger partial charge is 0.481 e. The lowest BCUT2D eigenvalue weighted by atomic mass is 9.92. The molecule has 246 valence electrons. The molecular formula is C38H34N6O4S. The van der Waals surface area contributed by atoms with E-state index in [1.165, 1.54) is 21.8 Å². The Labute approximate surface area is 287 Å². The fraction of sp³-hybridized carbons (Fsp3) is 0.289. The van der Waals surface area contributed by atoms with E-state index in [1.54, 1.807) is 12.1 Å². The van der Waals surface area contributed by atoms with Crippen LogP contribution in [-0.2, 0) is 24.3 Å². The molecule has 2 aromatic heterocycles. The summed E-state index contributed by atoms with van der Waals surface area (Å²) in [5.74, 6) is -1.04. The number of carbonyl (C=O) groups is 2. The van der Waals surface area contributed by atoms with Gasteiger partial charge in [0, 0.05) is 42.2 Å². The van der Waals surface area contributed by atoms with Crippen LogP contribution in [0.3, 0.4) is 0 Å². The maximum Gasteiger partial charge on any atom is 0.307 e. The topological polar surface area (TPSA) is 146 Å². The Hall–Kier alpha value is -5.33. The zero-order valence-electron chi connectivity index (χ0n) is 27.5. The van der Waals surface area contributed by atoms with Gasteiger partial charge in [-0.3, -0.25) is 14.5 Å². The fourth-order valence-corrected chi connectivity index (χ4v) is 8.39. The molecule has 10 nitrogen and oxygen atoms in total. The first-order valence-electron chi connectivity index (χ1n) is 16.2. The van der Waals surface area contributed by atoms with Crippen molar-refractivity contribution in [2.75, 3.05) is 32.0 Å². The summed E-state index contributed by atoms with van der Waals surface area (Å²) < 4.78 is 6.21. The second-order valence-corrected chi connectivity index (χ2v) is 14.0. The Morgan fingerprint density at radius 3 is 2.59 bits per heavy atom. The molecule has 4 heterocycles. The van der Waals surface area contributed by atoms with Crippen LogP contribution < -0.4 is 5.32 Å². The predicted molar refractivity (Wildman–Crippen MR) is 187 cm³/mol. The molecule has 1 amide bonds. The number of oxazole rings is 1. The van der Waals surface area contributed by atoms with Crippen molar-refractivity contribution in [1.82, 2.24) is 14.8 Å². The van der Waals surface area contributed by atoms with Crippen molar-refractivity contribution in [1.29, 1.82) is 10.5 Å². The SMILES string of the molecule is Cc1c(-c2nc3cc(CN4CC[C@@H](C(=O)O)C4)cc(C#N)c3o2)cccc1-c1cccc(NC(=O)c2sc3c(c2C)CCN(C)C3)c1C#N. The number of likely N-dealkylation sites (tertiary alicyclic amines) is 1. The second kappa shape index (κ2) is 12.9. The molecule has 0 bridgehead atoms. The predicted octanol–water partition coefficient (Wildman–Crippen LogP) is 6.73. The van der Waals surface area contributed by atoms with Gasteiger partial charge in [0.2, 0.25) is 5.89 Å². The summed E-state index contributed by atoms with van der Waals surface area (Å²) in [7, 11) is 2.08. The van der Waals surface area contributed by atoms with Gasteiger partial charge in [-0.1, -0.05) is 24.3 Å². The average molecular weight is 671 g/mol. The van der Waals surface area contributed by atoms with Gasteiger partial charge in [0.15, 0.2) is 5.58 Å². The first kappa shape index (κ1) is 32.2. The number of nitrogens with one attached hydrogen (secondary N) is 1. The number of carbonyl (C=O) groups excluding carboxylic acids is 1. The molecule has 1 fully saturated rings. The number of carboxylic acid groups (broad SMARTS) is 1. The summed E-state index contributed by atoms with van der Waals surface area (Å²) in [6.45, 7) is 7.39. The van der Waals surface area contributed by atoms with Crippen LogP contribution in [0.1, 0.15) is 54.4 Å². The highest BCUT2D eigenvalue weighted by Crippen LogP contribution is 2.38. The van der Waals surface area contributed by atoms with Gasteiger partial charge in [0.05, 0.1) is 27.6 Å². The smallest absolute Gasteiger partial charge is 0.307 e. The summed E-state index contributed by atoms with van der Waals surface area (Å²) in [6, 6.07) is 19.4. The Balaban J connectivity index is 1.19. The minimum atomic E-state index is -0.785. The molecule has 3 aromatic carbocycles. The highest BCUT2D eigenvalue weighted by atomic mass is 32.1. The van der Waals surface area contributed by atoms with Crippen molar-refractivity contribution in [3.63, 3.8) is 0 Å². The number of anilines is 1. The molecule has 2 aliphatic heterocycles. The number of aliphatic carboxylic acids is 1. The van der Waals surface area contributed by atoms with E-state index >= 15 is 0 Å². The zero-order valence-corrected chi connectivity index (χ0v) is 28.3. The number of aromatic nitrogens is 1. The Morgan fingerprint density at radius 1 is 1.06 bits per heavy atom. The van der Waals surface area contributed by atoms with E-state index in [1.807, 2.05) is 50.2 Å². The molecule has 0 radical (unpaired) electrons. The van der Waals surface area contributed by atoms with Crippen LogP contribution in [0.2, 0.25) is 0 Å². The summed E-state index contributed by atoms with van der Waals surface area (Å²) in [5, 5.41) is 32.7. The summed E-state index contributed by atoms with van der Waals surface area (Å²) in [4.78, 5) is 36.0. The molecule has 1 saturated heterocycles. The minimum absolute atomic E-state index is 0.218. The third-order valence-corrected chi connectivity index (χ3v) is 11.0. The van der Waals surface area contributed by atoms with Crippen molar-refractivity contribution < 1.29 is 19.1 Å². The van der Waals surface area contributed by atoms with Crippen molar-refractivity contribution in [2.24, 2.45) is 5.92 Å². The van der Waals surface area contributed by atoms with Crippen molar-refractivity contribution in [3.8, 4) is 34.7 Å². The van der Waals surface area contributed by atoms with E-state index in [0.29, 0.717) is 75.9 Å². The third kappa shape index (κ3) is 5.98. The van der Waals surface area contributed by atoms with Crippen molar-refractivity contribution in [3.05, 3.63) is 91.7 Å². The van der Waals surface area contributed by atoms with Crippen LogP contribution in [0.4, 0.5) is 5.69 Å². The first-order valence-corrected chi connectivity index (χ1v) is 17.0. The number of carboxylic acids is 1. The molecule has 0 saturated carbocycles. The van der Waals surface area contributed by atoms with Gasteiger partial charge in [0.1, 0.15) is 17.7 Å². The maximum atomic E-state index is 13.6. The molecule has 49 heavy (non-hydrogen) atoms.